The van der Waals surface area contributed by atoms with Crippen molar-refractivity contribution in [3.05, 3.63) is 48.5 Å². The summed E-state index contributed by atoms with van der Waals surface area (Å²) >= 11 is 0. The highest BCUT2D eigenvalue weighted by atomic mass is 16.3. The van der Waals surface area contributed by atoms with Gasteiger partial charge in [-0.05, 0) is 5.56 Å². The fourth-order valence-electron chi connectivity index (χ4n) is 2.50. The minimum Gasteiger partial charge on any atom is -0.394 e. The molecule has 120 valence electrons. The maximum atomic E-state index is 9.61. The van der Waals surface area contributed by atoms with Gasteiger partial charge in [0.15, 0.2) is 17.0 Å². The van der Waals surface area contributed by atoms with Crippen LogP contribution in [0.5, 0.6) is 0 Å². The molecule has 3 aromatic rings. The van der Waals surface area contributed by atoms with Gasteiger partial charge in [-0.25, -0.2) is 15.0 Å². The van der Waals surface area contributed by atoms with Crippen LogP contribution in [-0.4, -0.2) is 49.5 Å². The zero-order valence-corrected chi connectivity index (χ0v) is 12.9. The lowest BCUT2D eigenvalue weighted by atomic mass is 10.2. The van der Waals surface area contributed by atoms with Crippen molar-refractivity contribution in [2.24, 2.45) is 0 Å². The van der Waals surface area contributed by atoms with E-state index in [0.29, 0.717) is 17.7 Å². The Morgan fingerprint density at radius 1 is 1.17 bits per heavy atom. The smallest absolute Gasteiger partial charge is 0.165 e. The quantitative estimate of drug-likeness (QED) is 0.700. The monoisotopic (exact) mass is 313 g/mol. The number of aliphatic hydroxyl groups excluding tert-OH is 2. The summed E-state index contributed by atoms with van der Waals surface area (Å²) in [5.74, 6) is 0.732. The van der Waals surface area contributed by atoms with Crippen LogP contribution < -0.4 is 4.90 Å². The molecule has 0 aliphatic carbocycles. The van der Waals surface area contributed by atoms with Crippen LogP contribution in [-0.2, 0) is 13.1 Å². The summed E-state index contributed by atoms with van der Waals surface area (Å²) < 4.78 is 1.72. The highest BCUT2D eigenvalue weighted by Gasteiger charge is 2.15. The van der Waals surface area contributed by atoms with Gasteiger partial charge < -0.3 is 19.7 Å². The van der Waals surface area contributed by atoms with E-state index in [-0.39, 0.29) is 13.2 Å². The predicted molar refractivity (Wildman–Crippen MR) is 87.0 cm³/mol. The number of fused-ring (bicyclic) bond motifs is 1. The maximum absolute atomic E-state index is 9.61. The van der Waals surface area contributed by atoms with Crippen molar-refractivity contribution in [3.63, 3.8) is 0 Å². The molecule has 3 rings (SSSR count). The first-order valence-corrected chi connectivity index (χ1v) is 7.39. The van der Waals surface area contributed by atoms with Gasteiger partial charge in [0, 0.05) is 13.6 Å². The van der Waals surface area contributed by atoms with Crippen molar-refractivity contribution in [2.75, 3.05) is 18.6 Å². The largest absolute Gasteiger partial charge is 0.394 e. The number of rotatable bonds is 6. The van der Waals surface area contributed by atoms with Crippen molar-refractivity contribution in [1.29, 1.82) is 0 Å². The molecular formula is C16H19N5O2. The van der Waals surface area contributed by atoms with Gasteiger partial charge in [-0.3, -0.25) is 0 Å². The Morgan fingerprint density at radius 2 is 1.96 bits per heavy atom. The van der Waals surface area contributed by atoms with Gasteiger partial charge >= 0.3 is 0 Å². The number of benzene rings is 1. The molecule has 2 heterocycles. The molecule has 0 fully saturated rings. The molecule has 7 heteroatoms. The first kappa shape index (κ1) is 15.4. The summed E-state index contributed by atoms with van der Waals surface area (Å²) in [6.07, 6.45) is 2.26. The molecule has 2 aromatic heterocycles. The van der Waals surface area contributed by atoms with E-state index in [0.717, 1.165) is 5.82 Å². The fourth-order valence-corrected chi connectivity index (χ4v) is 2.50. The van der Waals surface area contributed by atoms with E-state index in [1.54, 1.807) is 10.9 Å². The number of imidazole rings is 1. The van der Waals surface area contributed by atoms with Crippen LogP contribution in [0.4, 0.5) is 5.82 Å². The second-order valence-electron chi connectivity index (χ2n) is 5.44. The number of nitrogens with zero attached hydrogens (tertiary/aromatic N) is 5. The average molecular weight is 313 g/mol. The standard InChI is InChI=1S/C16H19N5O2/c1-20(7-12-5-3-2-4-6-12)15-14-16(18-10-17-15)21(11-19-14)8-13(23)9-22/h2-6,10-11,13,22-23H,7-9H2,1H3. The molecule has 0 saturated carbocycles. The Bertz CT molecular complexity index is 774. The van der Waals surface area contributed by atoms with E-state index in [9.17, 15) is 5.11 Å². The van der Waals surface area contributed by atoms with Gasteiger partial charge in [-0.15, -0.1) is 0 Å². The molecule has 7 nitrogen and oxygen atoms in total. The zero-order valence-electron chi connectivity index (χ0n) is 12.9. The van der Waals surface area contributed by atoms with Gasteiger partial charge in [-0.1, -0.05) is 30.3 Å². The van der Waals surface area contributed by atoms with Crippen LogP contribution in [0.3, 0.4) is 0 Å². The Morgan fingerprint density at radius 3 is 2.70 bits per heavy atom. The Balaban J connectivity index is 1.89. The summed E-state index contributed by atoms with van der Waals surface area (Å²) in [6, 6.07) is 10.1. The first-order valence-electron chi connectivity index (χ1n) is 7.39. The van der Waals surface area contributed by atoms with Crippen LogP contribution in [0.25, 0.3) is 11.2 Å². The molecule has 0 amide bonds. The Hall–Kier alpha value is -2.51. The second kappa shape index (κ2) is 6.72. The molecule has 0 saturated heterocycles. The molecule has 1 atom stereocenters. The number of hydrogen-bond acceptors (Lipinski definition) is 6. The number of aliphatic hydroxyl groups is 2. The van der Waals surface area contributed by atoms with Crippen LogP contribution in [0, 0.1) is 0 Å². The molecule has 0 radical (unpaired) electrons. The van der Waals surface area contributed by atoms with Crippen LogP contribution in [0.2, 0.25) is 0 Å². The average Bonchev–Trinajstić information content (AvgIpc) is 2.98. The SMILES string of the molecule is CN(Cc1ccccc1)c1ncnc2c1ncn2CC(O)CO. The fraction of sp³-hybridized carbons (Fsp3) is 0.312. The van der Waals surface area contributed by atoms with E-state index in [2.05, 4.69) is 27.1 Å². The Labute approximate surface area is 133 Å². The van der Waals surface area contributed by atoms with Gasteiger partial charge in [0.25, 0.3) is 0 Å². The highest BCUT2D eigenvalue weighted by Crippen LogP contribution is 2.22. The molecule has 0 aliphatic rings. The summed E-state index contributed by atoms with van der Waals surface area (Å²) in [4.78, 5) is 15.0. The third kappa shape index (κ3) is 3.30. The van der Waals surface area contributed by atoms with E-state index in [1.165, 1.54) is 11.9 Å². The predicted octanol–water partition coefficient (Wildman–Crippen LogP) is 0.816. The van der Waals surface area contributed by atoms with Crippen LogP contribution >= 0.6 is 0 Å². The normalized spacial score (nSPS) is 12.5. The van der Waals surface area contributed by atoms with Crippen molar-refractivity contribution in [1.82, 2.24) is 19.5 Å². The van der Waals surface area contributed by atoms with E-state index < -0.39 is 6.10 Å². The molecule has 0 aliphatic heterocycles. The number of anilines is 1. The van der Waals surface area contributed by atoms with E-state index >= 15 is 0 Å². The van der Waals surface area contributed by atoms with Crippen molar-refractivity contribution in [2.45, 2.75) is 19.2 Å². The van der Waals surface area contributed by atoms with Gasteiger partial charge in [0.05, 0.1) is 25.6 Å². The van der Waals surface area contributed by atoms with E-state index in [1.807, 2.05) is 30.1 Å². The maximum Gasteiger partial charge on any atom is 0.165 e. The van der Waals surface area contributed by atoms with Crippen molar-refractivity contribution < 1.29 is 10.2 Å². The van der Waals surface area contributed by atoms with Gasteiger partial charge in [0.2, 0.25) is 0 Å². The molecule has 1 aromatic carbocycles. The zero-order chi connectivity index (χ0) is 16.2. The summed E-state index contributed by atoms with van der Waals surface area (Å²) in [5, 5.41) is 18.6. The van der Waals surface area contributed by atoms with Crippen LogP contribution in [0.15, 0.2) is 43.0 Å². The molecule has 1 unspecified atom stereocenters. The molecule has 2 N–H and O–H groups in total. The highest BCUT2D eigenvalue weighted by molar-refractivity contribution is 5.83. The van der Waals surface area contributed by atoms with Gasteiger partial charge in [-0.2, -0.15) is 0 Å². The third-order valence-electron chi connectivity index (χ3n) is 3.62. The minimum atomic E-state index is -0.840. The summed E-state index contributed by atoms with van der Waals surface area (Å²) in [6.45, 7) is 0.649. The van der Waals surface area contributed by atoms with Crippen LogP contribution in [0.1, 0.15) is 5.56 Å². The third-order valence-corrected chi connectivity index (χ3v) is 3.62. The minimum absolute atomic E-state index is 0.242. The lowest BCUT2D eigenvalue weighted by Gasteiger charge is -2.18. The Kier molecular flexibility index (Phi) is 4.50. The van der Waals surface area contributed by atoms with E-state index in [4.69, 9.17) is 5.11 Å². The number of aromatic nitrogens is 4. The summed E-state index contributed by atoms with van der Waals surface area (Å²) in [7, 11) is 1.95. The molecular weight excluding hydrogens is 294 g/mol. The van der Waals surface area contributed by atoms with Gasteiger partial charge in [0.1, 0.15) is 6.33 Å². The summed E-state index contributed by atoms with van der Waals surface area (Å²) in [5.41, 5.74) is 2.50. The molecule has 0 bridgehead atoms. The first-order chi connectivity index (χ1) is 11.2. The molecule has 23 heavy (non-hydrogen) atoms. The topological polar surface area (TPSA) is 87.3 Å². The van der Waals surface area contributed by atoms with Crippen molar-refractivity contribution in [3.8, 4) is 0 Å². The lowest BCUT2D eigenvalue weighted by Crippen LogP contribution is -2.20. The lowest BCUT2D eigenvalue weighted by molar-refractivity contribution is 0.0820. The molecule has 0 spiro atoms. The number of hydrogen-bond donors (Lipinski definition) is 2. The van der Waals surface area contributed by atoms with Crippen molar-refractivity contribution >= 4 is 17.0 Å². The second-order valence-corrected chi connectivity index (χ2v) is 5.44.